The maximum atomic E-state index is 12.4. The summed E-state index contributed by atoms with van der Waals surface area (Å²) >= 11 is 0. The van der Waals surface area contributed by atoms with Crippen molar-refractivity contribution < 1.29 is 9.90 Å². The van der Waals surface area contributed by atoms with Crippen LogP contribution in [0.2, 0.25) is 0 Å². The van der Waals surface area contributed by atoms with Gasteiger partial charge in [0.25, 0.3) is 0 Å². The molecular formula is C29H36N6O2. The molecule has 4 heterocycles. The van der Waals surface area contributed by atoms with Crippen LogP contribution in [0.1, 0.15) is 37.8 Å². The molecule has 1 saturated carbocycles. The SMILES string of the molecule is CNC1CCN(c2ccc(-c3ccc(-n4nccc4CC4(O)CCN(C(=O)C5CC5)CC4)cc3)cn2)C1. The molecule has 2 aliphatic heterocycles. The minimum Gasteiger partial charge on any atom is -0.389 e. The van der Waals surface area contributed by atoms with Gasteiger partial charge in [0.1, 0.15) is 5.82 Å². The average Bonchev–Trinajstić information content (AvgIpc) is 3.50. The van der Waals surface area contributed by atoms with E-state index >= 15 is 0 Å². The van der Waals surface area contributed by atoms with E-state index in [0.29, 0.717) is 38.4 Å². The standard InChI is InChI=1S/C29H36N6O2/c1-30-24-11-15-34(20-24)27-9-6-23(19-31-27)21-4-7-25(8-5-21)35-26(10-14-32-35)18-29(37)12-16-33(17-13-29)28(36)22-2-3-22/h4-10,14,19,22,24,30,37H,2-3,11-13,15-18,20H2,1H3. The van der Waals surface area contributed by atoms with Gasteiger partial charge in [0.05, 0.1) is 11.3 Å². The summed E-state index contributed by atoms with van der Waals surface area (Å²) in [5, 5.41) is 19.2. The van der Waals surface area contributed by atoms with E-state index in [0.717, 1.165) is 60.7 Å². The van der Waals surface area contributed by atoms with Crippen molar-refractivity contribution in [3.05, 3.63) is 60.6 Å². The highest BCUT2D eigenvalue weighted by atomic mass is 16.3. The van der Waals surface area contributed by atoms with Crippen molar-refractivity contribution >= 4 is 11.7 Å². The van der Waals surface area contributed by atoms with Crippen LogP contribution in [0.3, 0.4) is 0 Å². The summed E-state index contributed by atoms with van der Waals surface area (Å²) in [6, 6.07) is 15.1. The molecule has 1 aliphatic carbocycles. The van der Waals surface area contributed by atoms with Crippen LogP contribution in [0.15, 0.2) is 54.9 Å². The summed E-state index contributed by atoms with van der Waals surface area (Å²) in [6.45, 7) is 3.30. The lowest BCUT2D eigenvalue weighted by Crippen LogP contribution is -2.48. The molecule has 1 atom stereocenters. The number of aliphatic hydroxyl groups is 1. The molecule has 1 amide bonds. The molecule has 3 fully saturated rings. The van der Waals surface area contributed by atoms with Gasteiger partial charge in [-0.05, 0) is 75.0 Å². The van der Waals surface area contributed by atoms with E-state index in [1.807, 2.05) is 28.9 Å². The second-order valence-electron chi connectivity index (χ2n) is 10.9. The van der Waals surface area contributed by atoms with Gasteiger partial charge in [-0.3, -0.25) is 4.79 Å². The van der Waals surface area contributed by atoms with Gasteiger partial charge < -0.3 is 20.2 Å². The number of aromatic nitrogens is 3. The van der Waals surface area contributed by atoms with E-state index in [1.165, 1.54) is 0 Å². The topological polar surface area (TPSA) is 86.5 Å². The van der Waals surface area contributed by atoms with Gasteiger partial charge in [-0.1, -0.05) is 12.1 Å². The maximum Gasteiger partial charge on any atom is 0.225 e. The van der Waals surface area contributed by atoms with Crippen molar-refractivity contribution in [3.63, 3.8) is 0 Å². The van der Waals surface area contributed by atoms with E-state index in [1.54, 1.807) is 6.20 Å². The van der Waals surface area contributed by atoms with Crippen molar-refractivity contribution in [2.45, 2.75) is 50.2 Å². The second-order valence-corrected chi connectivity index (χ2v) is 10.9. The number of benzene rings is 1. The summed E-state index contributed by atoms with van der Waals surface area (Å²) in [4.78, 5) is 21.4. The lowest BCUT2D eigenvalue weighted by Gasteiger charge is -2.38. The molecule has 0 bridgehead atoms. The number of likely N-dealkylation sites (tertiary alicyclic amines) is 1. The Bertz CT molecular complexity index is 1230. The molecule has 3 aliphatic rings. The predicted octanol–water partition coefficient (Wildman–Crippen LogP) is 3.04. The van der Waals surface area contributed by atoms with Gasteiger partial charge in [-0.2, -0.15) is 5.10 Å². The summed E-state index contributed by atoms with van der Waals surface area (Å²) in [5.74, 6) is 1.54. The number of pyridine rings is 1. The summed E-state index contributed by atoms with van der Waals surface area (Å²) in [7, 11) is 2.02. The Morgan fingerprint density at radius 1 is 1.03 bits per heavy atom. The van der Waals surface area contributed by atoms with Gasteiger partial charge in [0.2, 0.25) is 5.91 Å². The number of hydrogen-bond acceptors (Lipinski definition) is 6. The van der Waals surface area contributed by atoms with Crippen LogP contribution < -0.4 is 10.2 Å². The van der Waals surface area contributed by atoms with Crippen LogP contribution in [-0.2, 0) is 11.2 Å². The largest absolute Gasteiger partial charge is 0.389 e. The minimum absolute atomic E-state index is 0.237. The maximum absolute atomic E-state index is 12.4. The van der Waals surface area contributed by atoms with E-state index < -0.39 is 5.60 Å². The third-order valence-electron chi connectivity index (χ3n) is 8.28. The fourth-order valence-electron chi connectivity index (χ4n) is 5.69. The Hall–Kier alpha value is -3.23. The summed E-state index contributed by atoms with van der Waals surface area (Å²) < 4.78 is 1.91. The predicted molar refractivity (Wildman–Crippen MR) is 144 cm³/mol. The third kappa shape index (κ3) is 5.13. The fourth-order valence-corrected chi connectivity index (χ4v) is 5.69. The van der Waals surface area contributed by atoms with E-state index in [4.69, 9.17) is 4.98 Å². The quantitative estimate of drug-likeness (QED) is 0.519. The monoisotopic (exact) mass is 500 g/mol. The number of rotatable bonds is 7. The zero-order valence-corrected chi connectivity index (χ0v) is 21.5. The third-order valence-corrected chi connectivity index (χ3v) is 8.28. The van der Waals surface area contributed by atoms with Crippen LogP contribution >= 0.6 is 0 Å². The van der Waals surface area contributed by atoms with Gasteiger partial charge in [-0.15, -0.1) is 0 Å². The lowest BCUT2D eigenvalue weighted by molar-refractivity contribution is -0.136. The van der Waals surface area contributed by atoms with Crippen LogP contribution in [-0.4, -0.2) is 75.5 Å². The first-order valence-electron chi connectivity index (χ1n) is 13.5. The fraction of sp³-hybridized carbons (Fsp3) is 0.483. The molecule has 8 nitrogen and oxygen atoms in total. The van der Waals surface area contributed by atoms with Gasteiger partial charge >= 0.3 is 0 Å². The molecule has 1 aromatic carbocycles. The van der Waals surface area contributed by atoms with Crippen LogP contribution in [0, 0.1) is 5.92 Å². The van der Waals surface area contributed by atoms with Crippen LogP contribution in [0.5, 0.6) is 0 Å². The number of nitrogens with one attached hydrogen (secondary N) is 1. The van der Waals surface area contributed by atoms with Gasteiger partial charge in [0, 0.05) is 68.2 Å². The zero-order valence-electron chi connectivity index (χ0n) is 21.5. The average molecular weight is 501 g/mol. The molecular weight excluding hydrogens is 464 g/mol. The number of piperidine rings is 1. The Balaban J connectivity index is 1.11. The molecule has 2 saturated heterocycles. The normalized spacial score (nSPS) is 21.4. The number of carbonyl (C=O) groups excluding carboxylic acids is 1. The smallest absolute Gasteiger partial charge is 0.225 e. The number of hydrogen-bond donors (Lipinski definition) is 2. The number of amides is 1. The molecule has 2 N–H and O–H groups in total. The first-order valence-corrected chi connectivity index (χ1v) is 13.5. The summed E-state index contributed by atoms with van der Waals surface area (Å²) in [6.07, 6.45) is 8.66. The highest BCUT2D eigenvalue weighted by Crippen LogP contribution is 2.34. The molecule has 0 spiro atoms. The minimum atomic E-state index is -0.811. The van der Waals surface area contributed by atoms with Crippen molar-refractivity contribution in [1.82, 2.24) is 25.0 Å². The highest BCUT2D eigenvalue weighted by Gasteiger charge is 2.39. The Morgan fingerprint density at radius 2 is 1.78 bits per heavy atom. The molecule has 3 aromatic rings. The van der Waals surface area contributed by atoms with E-state index in [9.17, 15) is 9.90 Å². The molecule has 37 heavy (non-hydrogen) atoms. The first kappa shape index (κ1) is 24.1. The van der Waals surface area contributed by atoms with Crippen molar-refractivity contribution in [1.29, 1.82) is 0 Å². The second kappa shape index (κ2) is 9.91. The van der Waals surface area contributed by atoms with E-state index in [-0.39, 0.29) is 11.8 Å². The Labute approximate surface area is 218 Å². The van der Waals surface area contributed by atoms with Crippen molar-refractivity contribution in [2.24, 2.45) is 5.92 Å². The van der Waals surface area contributed by atoms with Gasteiger partial charge in [-0.25, -0.2) is 9.67 Å². The highest BCUT2D eigenvalue weighted by molar-refractivity contribution is 5.81. The lowest BCUT2D eigenvalue weighted by atomic mass is 9.86. The Morgan fingerprint density at radius 3 is 2.43 bits per heavy atom. The van der Waals surface area contributed by atoms with Crippen LogP contribution in [0.25, 0.3) is 16.8 Å². The first-order chi connectivity index (χ1) is 18.0. The molecule has 8 heteroatoms. The molecule has 2 aromatic heterocycles. The number of nitrogens with zero attached hydrogens (tertiary/aromatic N) is 5. The molecule has 1 unspecified atom stereocenters. The zero-order chi connectivity index (χ0) is 25.4. The van der Waals surface area contributed by atoms with Crippen molar-refractivity contribution in [3.8, 4) is 16.8 Å². The van der Waals surface area contributed by atoms with E-state index in [2.05, 4.69) is 51.7 Å². The molecule has 194 valence electrons. The van der Waals surface area contributed by atoms with Gasteiger partial charge in [0.15, 0.2) is 0 Å². The van der Waals surface area contributed by atoms with Crippen LogP contribution in [0.4, 0.5) is 5.82 Å². The summed E-state index contributed by atoms with van der Waals surface area (Å²) in [5.41, 5.74) is 3.33. The Kier molecular flexibility index (Phi) is 6.46. The molecule has 6 rings (SSSR count). The van der Waals surface area contributed by atoms with Crippen molar-refractivity contribution in [2.75, 3.05) is 38.1 Å². The number of carbonyl (C=O) groups is 1. The number of likely N-dealkylation sites (N-methyl/N-ethyl adjacent to an activating group) is 1. The number of anilines is 1. The molecule has 0 radical (unpaired) electrons.